The lowest BCUT2D eigenvalue weighted by atomic mass is 9.89. The van der Waals surface area contributed by atoms with Gasteiger partial charge in [-0.05, 0) is 71.8 Å². The van der Waals surface area contributed by atoms with Gasteiger partial charge < -0.3 is 5.73 Å². The average molecular weight is 460 g/mol. The molecule has 3 aromatic rings. The Labute approximate surface area is 194 Å². The zero-order valence-corrected chi connectivity index (χ0v) is 19.2. The number of piperidine rings is 1. The summed E-state index contributed by atoms with van der Waals surface area (Å²) in [5.74, 6) is -0.553. The zero-order valence-electron chi connectivity index (χ0n) is 18.4. The number of nitrogens with two attached hydrogens (primary N) is 1. The van der Waals surface area contributed by atoms with E-state index in [4.69, 9.17) is 11.0 Å². The number of rotatable bonds is 5. The molecule has 6 nitrogen and oxygen atoms in total. The summed E-state index contributed by atoms with van der Waals surface area (Å²) < 4.78 is 27.4. The maximum Gasteiger partial charge on any atom is 0.249 e. The molecule has 1 saturated heterocycles. The lowest BCUT2D eigenvalue weighted by molar-refractivity contribution is 0.100. The number of primary amides is 1. The molecule has 1 fully saturated rings. The van der Waals surface area contributed by atoms with Gasteiger partial charge in [-0.25, -0.2) is 8.42 Å². The third-order valence-electron chi connectivity index (χ3n) is 6.15. The molecule has 1 amide bonds. The van der Waals surface area contributed by atoms with Crippen molar-refractivity contribution < 1.29 is 13.2 Å². The minimum atomic E-state index is -3.53. The van der Waals surface area contributed by atoms with Crippen LogP contribution in [0.5, 0.6) is 0 Å². The van der Waals surface area contributed by atoms with Gasteiger partial charge in [0.05, 0.1) is 22.1 Å². The minimum absolute atomic E-state index is 0.250. The molecule has 7 heteroatoms. The van der Waals surface area contributed by atoms with Gasteiger partial charge in [-0.1, -0.05) is 42.8 Å². The number of hydrogen-bond acceptors (Lipinski definition) is 4. The van der Waals surface area contributed by atoms with E-state index in [9.17, 15) is 13.2 Å². The van der Waals surface area contributed by atoms with Crippen LogP contribution in [0.1, 0.15) is 40.7 Å². The van der Waals surface area contributed by atoms with Gasteiger partial charge in [-0.15, -0.1) is 0 Å². The highest BCUT2D eigenvalue weighted by atomic mass is 32.2. The number of nitriles is 1. The van der Waals surface area contributed by atoms with Crippen molar-refractivity contribution in [2.24, 2.45) is 5.73 Å². The van der Waals surface area contributed by atoms with Crippen LogP contribution in [-0.2, 0) is 10.0 Å². The molecule has 0 aromatic heterocycles. The summed E-state index contributed by atoms with van der Waals surface area (Å²) in [4.78, 5) is 12.7. The Morgan fingerprint density at radius 1 is 0.879 bits per heavy atom. The van der Waals surface area contributed by atoms with Crippen molar-refractivity contribution in [3.8, 4) is 28.3 Å². The van der Waals surface area contributed by atoms with Crippen molar-refractivity contribution >= 4 is 15.9 Å². The predicted octanol–water partition coefficient (Wildman–Crippen LogP) is 4.47. The van der Waals surface area contributed by atoms with Gasteiger partial charge in [-0.3, -0.25) is 4.79 Å². The predicted molar refractivity (Wildman–Crippen MR) is 128 cm³/mol. The largest absolute Gasteiger partial charge is 0.366 e. The lowest BCUT2D eigenvalue weighted by Gasteiger charge is -2.26. The van der Waals surface area contributed by atoms with Gasteiger partial charge in [-0.2, -0.15) is 9.57 Å². The van der Waals surface area contributed by atoms with Gasteiger partial charge in [0.2, 0.25) is 15.9 Å². The molecule has 1 aliphatic heterocycles. The van der Waals surface area contributed by atoms with E-state index in [0.717, 1.165) is 41.5 Å². The van der Waals surface area contributed by atoms with Crippen LogP contribution in [0.4, 0.5) is 0 Å². The van der Waals surface area contributed by atoms with E-state index < -0.39 is 15.9 Å². The van der Waals surface area contributed by atoms with Crippen LogP contribution in [0.25, 0.3) is 22.3 Å². The van der Waals surface area contributed by atoms with Gasteiger partial charge in [0.15, 0.2) is 0 Å². The fourth-order valence-electron chi connectivity index (χ4n) is 4.37. The molecule has 0 aliphatic carbocycles. The van der Waals surface area contributed by atoms with Crippen LogP contribution in [0, 0.1) is 18.3 Å². The number of hydrogen-bond donors (Lipinski definition) is 1. The van der Waals surface area contributed by atoms with Crippen molar-refractivity contribution in [2.45, 2.75) is 31.1 Å². The fourth-order valence-corrected chi connectivity index (χ4v) is 5.88. The number of benzene rings is 3. The third kappa shape index (κ3) is 4.40. The van der Waals surface area contributed by atoms with Crippen LogP contribution >= 0.6 is 0 Å². The number of carbonyl (C=O) groups is 1. The summed E-state index contributed by atoms with van der Waals surface area (Å²) in [6.45, 7) is 2.93. The number of nitrogens with zero attached hydrogens (tertiary/aromatic N) is 2. The Morgan fingerprint density at radius 3 is 2.00 bits per heavy atom. The average Bonchev–Trinajstić information content (AvgIpc) is 2.84. The Bertz CT molecular complexity index is 1330. The van der Waals surface area contributed by atoms with E-state index in [1.54, 1.807) is 36.4 Å². The van der Waals surface area contributed by atoms with Crippen molar-refractivity contribution in [3.63, 3.8) is 0 Å². The lowest BCUT2D eigenvalue weighted by Crippen LogP contribution is -2.35. The molecule has 0 unspecified atom stereocenters. The Balaban J connectivity index is 1.72. The summed E-state index contributed by atoms with van der Waals surface area (Å²) >= 11 is 0. The second-order valence-corrected chi connectivity index (χ2v) is 10.1. The molecule has 3 aromatic carbocycles. The van der Waals surface area contributed by atoms with Crippen LogP contribution in [0.15, 0.2) is 65.6 Å². The topological polar surface area (TPSA) is 104 Å². The molecule has 2 N–H and O–H groups in total. The molecular weight excluding hydrogens is 434 g/mol. The maximum absolute atomic E-state index is 12.9. The van der Waals surface area contributed by atoms with Crippen LogP contribution in [0.3, 0.4) is 0 Å². The highest BCUT2D eigenvalue weighted by molar-refractivity contribution is 7.89. The highest BCUT2D eigenvalue weighted by Gasteiger charge is 2.26. The molecule has 4 rings (SSSR count). The molecule has 0 radical (unpaired) electrons. The first-order valence-electron chi connectivity index (χ1n) is 10.9. The van der Waals surface area contributed by atoms with Gasteiger partial charge >= 0.3 is 0 Å². The summed E-state index contributed by atoms with van der Waals surface area (Å²) in [6, 6.07) is 19.6. The highest BCUT2D eigenvalue weighted by Crippen LogP contribution is 2.34. The molecule has 0 atom stereocenters. The van der Waals surface area contributed by atoms with Gasteiger partial charge in [0.1, 0.15) is 0 Å². The van der Waals surface area contributed by atoms with Gasteiger partial charge in [0, 0.05) is 13.1 Å². The standard InChI is InChI=1S/C26H25N3O3S/c1-18-23(20-7-5-19(17-27)6-8-20)13-14-24(25(18)26(28)30)21-9-11-22(12-10-21)33(31,32)29-15-3-2-4-16-29/h5-14H,2-4,15-16H2,1H3,(H2,28,30). The Kier molecular flexibility index (Phi) is 6.32. The van der Waals surface area contributed by atoms with E-state index >= 15 is 0 Å². The second-order valence-electron chi connectivity index (χ2n) is 8.20. The quantitative estimate of drug-likeness (QED) is 0.607. The Hall–Kier alpha value is -3.47. The monoisotopic (exact) mass is 459 g/mol. The van der Waals surface area contributed by atoms with E-state index in [0.29, 0.717) is 29.8 Å². The first kappa shape index (κ1) is 22.7. The molecule has 33 heavy (non-hydrogen) atoms. The first-order valence-corrected chi connectivity index (χ1v) is 12.3. The maximum atomic E-state index is 12.9. The summed E-state index contributed by atoms with van der Waals surface area (Å²) in [5, 5.41) is 9.03. The van der Waals surface area contributed by atoms with E-state index in [2.05, 4.69) is 6.07 Å². The second kappa shape index (κ2) is 9.18. The van der Waals surface area contributed by atoms with Crippen molar-refractivity contribution in [2.75, 3.05) is 13.1 Å². The number of sulfonamides is 1. The van der Waals surface area contributed by atoms with E-state index in [1.807, 2.05) is 31.2 Å². The molecule has 1 heterocycles. The van der Waals surface area contributed by atoms with Crippen molar-refractivity contribution in [1.29, 1.82) is 5.26 Å². The summed E-state index contributed by atoms with van der Waals surface area (Å²) in [7, 11) is -3.53. The van der Waals surface area contributed by atoms with Gasteiger partial charge in [0.25, 0.3) is 0 Å². The van der Waals surface area contributed by atoms with Crippen LogP contribution in [0.2, 0.25) is 0 Å². The summed E-state index contributed by atoms with van der Waals surface area (Å²) in [6.07, 6.45) is 2.81. The first-order chi connectivity index (χ1) is 15.8. The van der Waals surface area contributed by atoms with Crippen LogP contribution < -0.4 is 5.73 Å². The molecule has 1 aliphatic rings. The number of carbonyl (C=O) groups excluding carboxylic acids is 1. The minimum Gasteiger partial charge on any atom is -0.366 e. The smallest absolute Gasteiger partial charge is 0.249 e. The molecule has 0 bridgehead atoms. The fraction of sp³-hybridized carbons (Fsp3) is 0.231. The van der Waals surface area contributed by atoms with E-state index in [-0.39, 0.29) is 4.90 Å². The molecular formula is C26H25N3O3S. The Morgan fingerprint density at radius 2 is 1.42 bits per heavy atom. The van der Waals surface area contributed by atoms with Crippen LogP contribution in [-0.4, -0.2) is 31.7 Å². The molecule has 168 valence electrons. The normalized spacial score (nSPS) is 14.5. The molecule has 0 saturated carbocycles. The van der Waals surface area contributed by atoms with E-state index in [1.165, 1.54) is 4.31 Å². The molecule has 0 spiro atoms. The number of amides is 1. The summed E-state index contributed by atoms with van der Waals surface area (Å²) in [5.41, 5.74) is 10.5. The van der Waals surface area contributed by atoms with Crippen molar-refractivity contribution in [3.05, 3.63) is 77.4 Å². The zero-order chi connectivity index (χ0) is 23.6. The SMILES string of the molecule is Cc1c(-c2ccc(C#N)cc2)ccc(-c2ccc(S(=O)(=O)N3CCCCC3)cc2)c1C(N)=O. The van der Waals surface area contributed by atoms with Crippen molar-refractivity contribution in [1.82, 2.24) is 4.31 Å². The third-order valence-corrected chi connectivity index (χ3v) is 8.07.